The van der Waals surface area contributed by atoms with E-state index >= 15 is 0 Å². The number of aromatic nitrogens is 3. The third-order valence-electron chi connectivity index (χ3n) is 2.29. The van der Waals surface area contributed by atoms with Gasteiger partial charge in [-0.05, 0) is 0 Å². The molecule has 0 bridgehead atoms. The van der Waals surface area contributed by atoms with E-state index in [9.17, 15) is 35.9 Å². The molecule has 0 aliphatic carbocycles. The SMILES string of the molecule is O=C(OC(=O)C(F)(F)F)c1ncc(-c2cnc(C(F)(F)F)nc2)s1. The predicted octanol–water partition coefficient (Wildman–Crippen LogP) is 2.86. The van der Waals surface area contributed by atoms with Gasteiger partial charge in [0.1, 0.15) is 0 Å². The molecule has 2 aromatic heterocycles. The van der Waals surface area contributed by atoms with E-state index < -0.39 is 35.1 Å². The molecule has 0 aromatic carbocycles. The summed E-state index contributed by atoms with van der Waals surface area (Å²) in [5, 5.41) is -0.595. The molecule has 2 rings (SSSR count). The number of ether oxygens (including phenoxy) is 1. The molecule has 0 atom stereocenters. The molecule has 0 amide bonds. The molecule has 6 nitrogen and oxygen atoms in total. The molecule has 0 aliphatic rings. The molecular weight excluding hydrogens is 368 g/mol. The summed E-state index contributed by atoms with van der Waals surface area (Å²) in [6, 6.07) is 0. The van der Waals surface area contributed by atoms with Crippen LogP contribution in [0.3, 0.4) is 0 Å². The van der Waals surface area contributed by atoms with Gasteiger partial charge in [0.25, 0.3) is 0 Å². The van der Waals surface area contributed by atoms with Gasteiger partial charge in [0.15, 0.2) is 0 Å². The third kappa shape index (κ3) is 4.04. The van der Waals surface area contributed by atoms with Crippen LogP contribution in [-0.4, -0.2) is 33.1 Å². The third-order valence-corrected chi connectivity index (χ3v) is 3.31. The van der Waals surface area contributed by atoms with Crippen molar-refractivity contribution in [3.63, 3.8) is 0 Å². The quantitative estimate of drug-likeness (QED) is 0.459. The summed E-state index contributed by atoms with van der Waals surface area (Å²) in [6.07, 6.45) is -7.49. The average molecular weight is 371 g/mol. The Kier molecular flexibility index (Phi) is 4.55. The Morgan fingerprint density at radius 1 is 0.958 bits per heavy atom. The first-order valence-corrected chi connectivity index (χ1v) is 6.49. The number of carbonyl (C=O) groups is 2. The standard InChI is InChI=1S/C11H3F6N3O3S/c12-10(13,14)8-19-1-4(2-20-8)5-3-18-6(24-5)7(21)23-9(22)11(15,16)17/h1-3H. The Balaban J connectivity index is 2.16. The summed E-state index contributed by atoms with van der Waals surface area (Å²) >= 11 is 0.494. The second-order valence-electron chi connectivity index (χ2n) is 4.00. The van der Waals surface area contributed by atoms with Crippen LogP contribution in [0.25, 0.3) is 10.4 Å². The fourth-order valence-corrected chi connectivity index (χ4v) is 2.06. The highest BCUT2D eigenvalue weighted by Crippen LogP contribution is 2.29. The molecule has 13 heteroatoms. The topological polar surface area (TPSA) is 82.0 Å². The molecule has 0 saturated carbocycles. The zero-order valence-electron chi connectivity index (χ0n) is 11.0. The highest BCUT2D eigenvalue weighted by Gasteiger charge is 2.43. The lowest BCUT2D eigenvalue weighted by molar-refractivity contribution is -0.193. The molecule has 2 heterocycles. The number of nitrogens with zero attached hydrogens (tertiary/aromatic N) is 3. The largest absolute Gasteiger partial charge is 0.491 e. The second kappa shape index (κ2) is 6.14. The molecule has 0 spiro atoms. The molecule has 0 saturated heterocycles. The Labute approximate surface area is 132 Å². The lowest BCUT2D eigenvalue weighted by Gasteiger charge is -2.04. The highest BCUT2D eigenvalue weighted by atomic mass is 32.1. The van der Waals surface area contributed by atoms with Gasteiger partial charge in [0, 0.05) is 24.2 Å². The zero-order valence-corrected chi connectivity index (χ0v) is 11.8. The molecule has 128 valence electrons. The fourth-order valence-electron chi connectivity index (χ4n) is 1.29. The van der Waals surface area contributed by atoms with Gasteiger partial charge in [-0.1, -0.05) is 0 Å². The molecule has 0 fully saturated rings. The predicted molar refractivity (Wildman–Crippen MR) is 64.6 cm³/mol. The van der Waals surface area contributed by atoms with Gasteiger partial charge in [-0.15, -0.1) is 11.3 Å². The molecule has 0 radical (unpaired) electrons. The summed E-state index contributed by atoms with van der Waals surface area (Å²) in [5.74, 6) is -5.73. The Morgan fingerprint density at radius 2 is 1.54 bits per heavy atom. The van der Waals surface area contributed by atoms with Gasteiger partial charge in [-0.25, -0.2) is 24.5 Å². The van der Waals surface area contributed by atoms with E-state index in [1.807, 2.05) is 0 Å². The van der Waals surface area contributed by atoms with E-state index in [4.69, 9.17) is 0 Å². The van der Waals surface area contributed by atoms with Crippen LogP contribution in [0.5, 0.6) is 0 Å². The lowest BCUT2D eigenvalue weighted by atomic mass is 10.3. The van der Waals surface area contributed by atoms with Gasteiger partial charge in [-0.2, -0.15) is 26.3 Å². The van der Waals surface area contributed by atoms with Crippen LogP contribution in [-0.2, 0) is 15.7 Å². The van der Waals surface area contributed by atoms with Crippen molar-refractivity contribution in [1.82, 2.24) is 15.0 Å². The number of hydrogen-bond acceptors (Lipinski definition) is 7. The van der Waals surface area contributed by atoms with Gasteiger partial charge in [0.2, 0.25) is 10.8 Å². The average Bonchev–Trinajstić information content (AvgIpc) is 2.95. The van der Waals surface area contributed by atoms with Crippen molar-refractivity contribution >= 4 is 23.3 Å². The zero-order chi connectivity index (χ0) is 18.1. The minimum atomic E-state index is -5.35. The van der Waals surface area contributed by atoms with Crippen LogP contribution in [0.4, 0.5) is 26.3 Å². The summed E-state index contributed by atoms with van der Waals surface area (Å²) in [6.45, 7) is 0. The molecule has 0 aliphatic heterocycles. The first kappa shape index (κ1) is 17.8. The number of rotatable bonds is 2. The number of thiazole rings is 1. The van der Waals surface area contributed by atoms with Crippen molar-refractivity contribution in [3.8, 4) is 10.4 Å². The van der Waals surface area contributed by atoms with E-state index in [0.29, 0.717) is 11.3 Å². The van der Waals surface area contributed by atoms with Crippen molar-refractivity contribution in [1.29, 1.82) is 0 Å². The van der Waals surface area contributed by atoms with Crippen LogP contribution in [0.2, 0.25) is 0 Å². The van der Waals surface area contributed by atoms with E-state index in [2.05, 4.69) is 19.7 Å². The van der Waals surface area contributed by atoms with E-state index in [1.165, 1.54) is 0 Å². The Morgan fingerprint density at radius 3 is 2.04 bits per heavy atom. The monoisotopic (exact) mass is 371 g/mol. The van der Waals surface area contributed by atoms with Gasteiger partial charge < -0.3 is 4.74 Å². The first-order valence-electron chi connectivity index (χ1n) is 5.67. The molecule has 0 unspecified atom stereocenters. The number of halogens is 6. The summed E-state index contributed by atoms with van der Waals surface area (Å²) < 4.78 is 76.5. The highest BCUT2D eigenvalue weighted by molar-refractivity contribution is 7.16. The van der Waals surface area contributed by atoms with Crippen LogP contribution in [0, 0.1) is 0 Å². The first-order chi connectivity index (χ1) is 11.0. The van der Waals surface area contributed by atoms with Crippen molar-refractivity contribution in [3.05, 3.63) is 29.4 Å². The van der Waals surface area contributed by atoms with Crippen molar-refractivity contribution in [2.45, 2.75) is 12.4 Å². The lowest BCUT2D eigenvalue weighted by Crippen LogP contribution is -2.27. The van der Waals surface area contributed by atoms with Crippen molar-refractivity contribution in [2.24, 2.45) is 0 Å². The van der Waals surface area contributed by atoms with Crippen LogP contribution in [0.1, 0.15) is 15.6 Å². The summed E-state index contributed by atoms with van der Waals surface area (Å²) in [4.78, 5) is 31.6. The van der Waals surface area contributed by atoms with Gasteiger partial charge >= 0.3 is 24.3 Å². The number of carbonyl (C=O) groups excluding carboxylic acids is 2. The van der Waals surface area contributed by atoms with Crippen LogP contribution >= 0.6 is 11.3 Å². The summed E-state index contributed by atoms with van der Waals surface area (Å²) in [7, 11) is 0. The summed E-state index contributed by atoms with van der Waals surface area (Å²) in [5.41, 5.74) is 0.0432. The minimum Gasteiger partial charge on any atom is -0.381 e. The fraction of sp³-hybridized carbons (Fsp3) is 0.182. The maximum absolute atomic E-state index is 12.3. The molecule has 2 aromatic rings. The van der Waals surface area contributed by atoms with E-state index in [1.54, 1.807) is 0 Å². The van der Waals surface area contributed by atoms with E-state index in [-0.39, 0.29) is 10.4 Å². The van der Waals surface area contributed by atoms with Crippen molar-refractivity contribution in [2.75, 3.05) is 0 Å². The smallest absolute Gasteiger partial charge is 0.381 e. The van der Waals surface area contributed by atoms with Crippen LogP contribution < -0.4 is 0 Å². The number of hydrogen-bond donors (Lipinski definition) is 0. The van der Waals surface area contributed by atoms with E-state index in [0.717, 1.165) is 18.6 Å². The second-order valence-corrected chi connectivity index (χ2v) is 5.03. The maximum Gasteiger partial charge on any atom is 0.491 e. The molecular formula is C11H3F6N3O3S. The maximum atomic E-state index is 12.3. The van der Waals surface area contributed by atoms with Crippen molar-refractivity contribution < 1.29 is 40.7 Å². The normalized spacial score (nSPS) is 12.1. The Hall–Kier alpha value is -2.57. The molecule has 0 N–H and O–H groups in total. The molecule has 24 heavy (non-hydrogen) atoms. The Bertz CT molecular complexity index is 769. The number of esters is 2. The number of alkyl halides is 6. The minimum absolute atomic E-state index is 0.0432. The van der Waals surface area contributed by atoms with Crippen LogP contribution in [0.15, 0.2) is 18.6 Å². The van der Waals surface area contributed by atoms with Gasteiger partial charge in [0.05, 0.1) is 4.88 Å². The van der Waals surface area contributed by atoms with Gasteiger partial charge in [-0.3, -0.25) is 0 Å².